The molecule has 0 atom stereocenters. The molecule has 1 aliphatic carbocycles. The third kappa shape index (κ3) is 4.20. The number of rotatable bonds is 3. The maximum Gasteiger partial charge on any atom is 0.406 e. The van der Waals surface area contributed by atoms with Gasteiger partial charge in [-0.25, -0.2) is 0 Å². The number of nitrogens with two attached hydrogens (primary N) is 1. The molecule has 21 heavy (non-hydrogen) atoms. The lowest BCUT2D eigenvalue weighted by Crippen LogP contribution is -2.40. The van der Waals surface area contributed by atoms with Crippen molar-refractivity contribution < 1.29 is 18.0 Å². The van der Waals surface area contributed by atoms with E-state index in [1.807, 2.05) is 0 Å². The molecule has 2 N–H and O–H groups in total. The first-order chi connectivity index (χ1) is 9.92. The maximum absolute atomic E-state index is 12.6. The number of halogens is 3. The van der Waals surface area contributed by atoms with Crippen molar-refractivity contribution in [2.45, 2.75) is 25.1 Å². The number of carbonyl (C=O) groups is 1. The van der Waals surface area contributed by atoms with Crippen LogP contribution in [0, 0.1) is 11.8 Å². The lowest BCUT2D eigenvalue weighted by atomic mass is 10.1. The summed E-state index contributed by atoms with van der Waals surface area (Å²) in [5, 5.41) is 0. The van der Waals surface area contributed by atoms with Crippen molar-refractivity contribution in [1.29, 1.82) is 0 Å². The largest absolute Gasteiger partial charge is 0.406 e. The van der Waals surface area contributed by atoms with Gasteiger partial charge in [0.1, 0.15) is 6.54 Å². The van der Waals surface area contributed by atoms with Crippen molar-refractivity contribution >= 4 is 5.91 Å². The lowest BCUT2D eigenvalue weighted by Gasteiger charge is -2.24. The number of aromatic nitrogens is 1. The molecule has 1 heterocycles. The van der Waals surface area contributed by atoms with Crippen LogP contribution in [0.2, 0.25) is 0 Å². The Labute approximate surface area is 120 Å². The molecule has 4 nitrogen and oxygen atoms in total. The SMILES string of the molecule is NCC#Cc1cnccc1C(=O)N(CC(F)(F)F)C1CC1. The van der Waals surface area contributed by atoms with Crippen molar-refractivity contribution in [1.82, 2.24) is 9.88 Å². The van der Waals surface area contributed by atoms with Gasteiger partial charge >= 0.3 is 6.18 Å². The zero-order chi connectivity index (χ0) is 15.5. The van der Waals surface area contributed by atoms with Gasteiger partial charge in [0.05, 0.1) is 17.7 Å². The molecule has 1 aliphatic rings. The van der Waals surface area contributed by atoms with Crippen molar-refractivity contribution in [2.75, 3.05) is 13.1 Å². The summed E-state index contributed by atoms with van der Waals surface area (Å²) in [5.74, 6) is 4.57. The number of nitrogens with zero attached hydrogens (tertiary/aromatic N) is 2. The fourth-order valence-electron chi connectivity index (χ4n) is 1.93. The Morgan fingerprint density at radius 3 is 2.76 bits per heavy atom. The Balaban J connectivity index is 2.29. The molecule has 112 valence electrons. The van der Waals surface area contributed by atoms with Crippen LogP contribution in [0.4, 0.5) is 13.2 Å². The third-order valence-corrected chi connectivity index (χ3v) is 2.97. The number of pyridine rings is 1. The molecule has 0 aliphatic heterocycles. The van der Waals surface area contributed by atoms with E-state index in [4.69, 9.17) is 5.73 Å². The molecule has 2 rings (SSSR count). The van der Waals surface area contributed by atoms with E-state index in [2.05, 4.69) is 16.8 Å². The van der Waals surface area contributed by atoms with Crippen LogP contribution in [0.1, 0.15) is 28.8 Å². The van der Waals surface area contributed by atoms with Crippen LogP contribution >= 0.6 is 0 Å². The molecule has 1 fully saturated rings. The van der Waals surface area contributed by atoms with Gasteiger partial charge in [-0.1, -0.05) is 11.8 Å². The quantitative estimate of drug-likeness (QED) is 0.861. The number of carbonyl (C=O) groups excluding carboxylic acids is 1. The van der Waals surface area contributed by atoms with Crippen LogP contribution in [-0.4, -0.2) is 41.1 Å². The first-order valence-corrected chi connectivity index (χ1v) is 6.43. The molecule has 0 aromatic carbocycles. The average molecular weight is 297 g/mol. The molecular weight excluding hydrogens is 283 g/mol. The number of alkyl halides is 3. The molecule has 0 spiro atoms. The molecule has 1 aromatic rings. The Morgan fingerprint density at radius 1 is 1.48 bits per heavy atom. The summed E-state index contributed by atoms with van der Waals surface area (Å²) in [6.07, 6.45) is -0.518. The summed E-state index contributed by atoms with van der Waals surface area (Å²) in [6, 6.07) is 1.04. The Hall–Kier alpha value is -2.07. The second kappa shape index (κ2) is 6.14. The van der Waals surface area contributed by atoms with E-state index in [0.29, 0.717) is 18.4 Å². The first kappa shape index (κ1) is 15.3. The zero-order valence-corrected chi connectivity index (χ0v) is 11.2. The van der Waals surface area contributed by atoms with E-state index >= 15 is 0 Å². The maximum atomic E-state index is 12.6. The van der Waals surface area contributed by atoms with E-state index < -0.39 is 18.6 Å². The molecule has 0 bridgehead atoms. The molecule has 1 aromatic heterocycles. The summed E-state index contributed by atoms with van der Waals surface area (Å²) >= 11 is 0. The van der Waals surface area contributed by atoms with Gasteiger partial charge in [-0.2, -0.15) is 13.2 Å². The Kier molecular flexibility index (Phi) is 4.48. The van der Waals surface area contributed by atoms with Crippen LogP contribution in [-0.2, 0) is 0 Å². The van der Waals surface area contributed by atoms with E-state index in [9.17, 15) is 18.0 Å². The van der Waals surface area contributed by atoms with E-state index in [1.165, 1.54) is 18.5 Å². The van der Waals surface area contributed by atoms with Gasteiger partial charge in [-0.15, -0.1) is 0 Å². The highest BCUT2D eigenvalue weighted by Crippen LogP contribution is 2.31. The van der Waals surface area contributed by atoms with Crippen molar-refractivity contribution in [3.63, 3.8) is 0 Å². The summed E-state index contributed by atoms with van der Waals surface area (Å²) < 4.78 is 37.9. The number of hydrogen-bond donors (Lipinski definition) is 1. The molecule has 0 saturated heterocycles. The Morgan fingerprint density at radius 2 is 2.19 bits per heavy atom. The van der Waals surface area contributed by atoms with Crippen LogP contribution < -0.4 is 5.73 Å². The standard InChI is InChI=1S/C14H14F3N3O/c15-14(16,17)9-20(11-3-4-11)13(21)12-5-7-19-8-10(12)2-1-6-18/h5,7-8,11H,3-4,6,9,18H2. The van der Waals surface area contributed by atoms with Gasteiger partial charge in [-0.05, 0) is 18.9 Å². The molecule has 0 unspecified atom stereocenters. The lowest BCUT2D eigenvalue weighted by molar-refractivity contribution is -0.141. The zero-order valence-electron chi connectivity index (χ0n) is 11.2. The normalized spacial score (nSPS) is 14.3. The second-order valence-electron chi connectivity index (χ2n) is 4.71. The summed E-state index contributed by atoms with van der Waals surface area (Å²) in [5.41, 5.74) is 5.69. The Bertz CT molecular complexity index is 585. The first-order valence-electron chi connectivity index (χ1n) is 6.43. The molecule has 7 heteroatoms. The third-order valence-electron chi connectivity index (χ3n) is 2.97. The monoisotopic (exact) mass is 297 g/mol. The fourth-order valence-corrected chi connectivity index (χ4v) is 1.93. The van der Waals surface area contributed by atoms with Crippen LogP contribution in [0.25, 0.3) is 0 Å². The summed E-state index contributed by atoms with van der Waals surface area (Å²) in [6.45, 7) is -1.15. The minimum atomic E-state index is -4.42. The van der Waals surface area contributed by atoms with Crippen molar-refractivity contribution in [2.24, 2.45) is 5.73 Å². The predicted octanol–water partition coefficient (Wildman–Crippen LogP) is 1.56. The van der Waals surface area contributed by atoms with E-state index in [0.717, 1.165) is 4.90 Å². The van der Waals surface area contributed by atoms with Crippen LogP contribution in [0.3, 0.4) is 0 Å². The van der Waals surface area contributed by atoms with Crippen molar-refractivity contribution in [3.05, 3.63) is 29.6 Å². The smallest absolute Gasteiger partial charge is 0.327 e. The predicted molar refractivity (Wildman–Crippen MR) is 70.3 cm³/mol. The highest BCUT2D eigenvalue weighted by atomic mass is 19.4. The van der Waals surface area contributed by atoms with E-state index in [-0.39, 0.29) is 18.2 Å². The number of amides is 1. The molecule has 1 saturated carbocycles. The van der Waals surface area contributed by atoms with Gasteiger partial charge in [0.25, 0.3) is 5.91 Å². The minimum Gasteiger partial charge on any atom is -0.327 e. The molecule has 0 radical (unpaired) electrons. The van der Waals surface area contributed by atoms with Gasteiger partial charge < -0.3 is 10.6 Å². The van der Waals surface area contributed by atoms with Gasteiger partial charge in [-0.3, -0.25) is 9.78 Å². The second-order valence-corrected chi connectivity index (χ2v) is 4.71. The fraction of sp³-hybridized carbons (Fsp3) is 0.429. The summed E-state index contributed by atoms with van der Waals surface area (Å²) in [4.78, 5) is 17.1. The van der Waals surface area contributed by atoms with Crippen molar-refractivity contribution in [3.8, 4) is 11.8 Å². The van der Waals surface area contributed by atoms with Gasteiger partial charge in [0, 0.05) is 18.4 Å². The van der Waals surface area contributed by atoms with Gasteiger partial charge in [0.2, 0.25) is 0 Å². The van der Waals surface area contributed by atoms with Gasteiger partial charge in [0.15, 0.2) is 0 Å². The molecule has 1 amide bonds. The number of hydrogen-bond acceptors (Lipinski definition) is 3. The summed E-state index contributed by atoms with van der Waals surface area (Å²) in [7, 11) is 0. The van der Waals surface area contributed by atoms with Crippen LogP contribution in [0.5, 0.6) is 0 Å². The topological polar surface area (TPSA) is 59.2 Å². The minimum absolute atomic E-state index is 0.0947. The average Bonchev–Trinajstić information content (AvgIpc) is 3.25. The van der Waals surface area contributed by atoms with E-state index in [1.54, 1.807) is 0 Å². The highest BCUT2D eigenvalue weighted by Gasteiger charge is 2.41. The van der Waals surface area contributed by atoms with Crippen LogP contribution in [0.15, 0.2) is 18.5 Å². The highest BCUT2D eigenvalue weighted by molar-refractivity contribution is 5.97. The molecular formula is C14H14F3N3O.